The molecule has 0 aromatic carbocycles. The Hall–Kier alpha value is -3.67. The van der Waals surface area contributed by atoms with Gasteiger partial charge in [0, 0.05) is 38.3 Å². The molecule has 0 aliphatic rings. The van der Waals surface area contributed by atoms with Crippen molar-refractivity contribution in [3.8, 4) is 0 Å². The summed E-state index contributed by atoms with van der Waals surface area (Å²) in [7, 11) is 3.81. The van der Waals surface area contributed by atoms with Gasteiger partial charge in [0.2, 0.25) is 17.7 Å². The summed E-state index contributed by atoms with van der Waals surface area (Å²) in [4.78, 5) is 83.2. The molecule has 0 saturated carbocycles. The van der Waals surface area contributed by atoms with E-state index in [1.165, 1.54) is 44.9 Å². The molecule has 0 aliphatic carbocycles. The number of ketones is 1. The van der Waals surface area contributed by atoms with E-state index in [9.17, 15) is 38.7 Å². The van der Waals surface area contributed by atoms with Crippen LogP contribution >= 0.6 is 0 Å². The molecular formula is C44H83N6O11+. The zero-order chi connectivity index (χ0) is 45.7. The number of likely N-dealkylation sites (N-methyl/N-ethyl adjacent to an activating group) is 1. The number of carboxylic acid groups (broad SMARTS) is 2. The summed E-state index contributed by atoms with van der Waals surface area (Å²) in [6.07, 6.45) is 17.6. The second kappa shape index (κ2) is 36.9. The molecule has 2 atom stereocenters. The van der Waals surface area contributed by atoms with Crippen molar-refractivity contribution in [3.63, 3.8) is 0 Å². The molecule has 8 N–H and O–H groups in total. The van der Waals surface area contributed by atoms with E-state index in [1.54, 1.807) is 0 Å². The molecule has 0 radical (unpaired) electrons. The van der Waals surface area contributed by atoms with Gasteiger partial charge in [-0.2, -0.15) is 0 Å². The van der Waals surface area contributed by atoms with Crippen LogP contribution in [0.15, 0.2) is 0 Å². The number of ether oxygens (including phenoxy) is 2. The average Bonchev–Trinajstić information content (AvgIpc) is 3.19. The summed E-state index contributed by atoms with van der Waals surface area (Å²) in [6, 6.07) is -1.60. The van der Waals surface area contributed by atoms with Crippen molar-refractivity contribution in [2.24, 2.45) is 11.7 Å². The Morgan fingerprint density at radius 2 is 1.08 bits per heavy atom. The van der Waals surface area contributed by atoms with E-state index < -0.39 is 24.0 Å². The number of amides is 4. The minimum absolute atomic E-state index is 0.0248. The lowest BCUT2D eigenvalue weighted by Crippen LogP contribution is -2.51. The zero-order valence-electron chi connectivity index (χ0n) is 38.0. The van der Waals surface area contributed by atoms with Gasteiger partial charge in [-0.15, -0.1) is 0 Å². The van der Waals surface area contributed by atoms with Crippen LogP contribution in [0.25, 0.3) is 0 Å². The van der Waals surface area contributed by atoms with Crippen LogP contribution < -0.4 is 27.0 Å². The van der Waals surface area contributed by atoms with Crippen molar-refractivity contribution in [1.82, 2.24) is 21.3 Å². The van der Waals surface area contributed by atoms with E-state index in [-0.39, 0.29) is 101 Å². The van der Waals surface area contributed by atoms with E-state index in [4.69, 9.17) is 20.3 Å². The van der Waals surface area contributed by atoms with Gasteiger partial charge in [0.1, 0.15) is 12.6 Å². The van der Waals surface area contributed by atoms with Gasteiger partial charge in [0.05, 0.1) is 53.0 Å². The molecule has 0 spiro atoms. The SMILES string of the molecule is CC(C)C(=O)C(N)CCCCNC(=O)C[N+](C)(C)CCNC(=O)COCCOCCNC(=O)CCC(NC(=O)CCCCCCCCCCCCCCCCC(=O)O)C(=O)O. The molecule has 2 unspecified atom stereocenters. The fraction of sp³-hybridized carbons (Fsp3) is 0.841. The lowest BCUT2D eigenvalue weighted by atomic mass is 9.98. The monoisotopic (exact) mass is 872 g/mol. The number of quaternary nitrogens is 1. The van der Waals surface area contributed by atoms with Crippen LogP contribution in [0.4, 0.5) is 0 Å². The largest absolute Gasteiger partial charge is 0.481 e. The second-order valence-electron chi connectivity index (χ2n) is 17.0. The fourth-order valence-corrected chi connectivity index (χ4v) is 6.58. The van der Waals surface area contributed by atoms with Crippen LogP contribution in [0.5, 0.6) is 0 Å². The Morgan fingerprint density at radius 3 is 1.64 bits per heavy atom. The Morgan fingerprint density at radius 1 is 0.557 bits per heavy atom. The van der Waals surface area contributed by atoms with Crippen LogP contribution in [0.2, 0.25) is 0 Å². The molecular weight excluding hydrogens is 789 g/mol. The molecule has 0 saturated heterocycles. The van der Waals surface area contributed by atoms with E-state index in [0.29, 0.717) is 37.0 Å². The van der Waals surface area contributed by atoms with E-state index in [0.717, 1.165) is 51.4 Å². The molecule has 0 bridgehead atoms. The number of carbonyl (C=O) groups is 7. The van der Waals surface area contributed by atoms with E-state index >= 15 is 0 Å². The number of rotatable bonds is 42. The Labute approximate surface area is 365 Å². The number of Topliss-reactive ketones (excluding diaryl/α,β-unsaturated/α-hetero) is 1. The average molecular weight is 872 g/mol. The minimum atomic E-state index is -1.18. The summed E-state index contributed by atoms with van der Waals surface area (Å²) in [5, 5.41) is 29.1. The Bertz CT molecular complexity index is 1250. The highest BCUT2D eigenvalue weighted by atomic mass is 16.5. The molecule has 0 rings (SSSR count). The third-order valence-electron chi connectivity index (χ3n) is 10.3. The van der Waals surface area contributed by atoms with E-state index in [2.05, 4.69) is 21.3 Å². The molecule has 4 amide bonds. The third-order valence-corrected chi connectivity index (χ3v) is 10.3. The van der Waals surface area contributed by atoms with Crippen LogP contribution in [-0.2, 0) is 43.0 Å². The number of nitrogens with zero attached hydrogens (tertiary/aromatic N) is 1. The summed E-state index contributed by atoms with van der Waals surface area (Å²) in [6.45, 7) is 5.99. The van der Waals surface area contributed by atoms with Crippen molar-refractivity contribution in [2.75, 3.05) is 73.2 Å². The number of carboxylic acids is 2. The first-order valence-electron chi connectivity index (χ1n) is 22.8. The molecule has 0 heterocycles. The predicted octanol–water partition coefficient (Wildman–Crippen LogP) is 3.84. The number of nitrogens with one attached hydrogen (secondary N) is 4. The first kappa shape index (κ1) is 57.3. The highest BCUT2D eigenvalue weighted by molar-refractivity contribution is 5.85. The van der Waals surface area contributed by atoms with Gasteiger partial charge in [-0.3, -0.25) is 28.8 Å². The quantitative estimate of drug-likeness (QED) is 0.0342. The molecule has 17 heteroatoms. The van der Waals surface area contributed by atoms with Gasteiger partial charge in [0.15, 0.2) is 12.3 Å². The van der Waals surface area contributed by atoms with Gasteiger partial charge in [-0.05, 0) is 38.5 Å². The molecule has 0 aromatic rings. The smallest absolute Gasteiger partial charge is 0.326 e. The zero-order valence-corrected chi connectivity index (χ0v) is 38.0. The number of hydrogen-bond donors (Lipinski definition) is 7. The maximum Gasteiger partial charge on any atom is 0.326 e. The van der Waals surface area contributed by atoms with Gasteiger partial charge < -0.3 is 51.2 Å². The van der Waals surface area contributed by atoms with Crippen LogP contribution in [0.1, 0.15) is 149 Å². The lowest BCUT2D eigenvalue weighted by Gasteiger charge is -2.29. The summed E-state index contributed by atoms with van der Waals surface area (Å²) in [5.41, 5.74) is 5.92. The van der Waals surface area contributed by atoms with Crippen molar-refractivity contribution >= 4 is 41.4 Å². The third kappa shape index (κ3) is 36.7. The maximum atomic E-state index is 12.4. The Balaban J connectivity index is 3.83. The van der Waals surface area contributed by atoms with E-state index in [1.807, 2.05) is 27.9 Å². The van der Waals surface area contributed by atoms with Gasteiger partial charge in [-0.25, -0.2) is 4.79 Å². The number of aliphatic carboxylic acids is 2. The highest BCUT2D eigenvalue weighted by Gasteiger charge is 2.22. The van der Waals surface area contributed by atoms with Gasteiger partial charge in [0.25, 0.3) is 5.91 Å². The van der Waals surface area contributed by atoms with Crippen molar-refractivity contribution in [3.05, 3.63) is 0 Å². The van der Waals surface area contributed by atoms with Crippen LogP contribution in [0.3, 0.4) is 0 Å². The minimum Gasteiger partial charge on any atom is -0.481 e. The summed E-state index contributed by atoms with van der Waals surface area (Å²) >= 11 is 0. The molecule has 354 valence electrons. The topological polar surface area (TPSA) is 253 Å². The van der Waals surface area contributed by atoms with Crippen LogP contribution in [-0.4, -0.2) is 141 Å². The predicted molar refractivity (Wildman–Crippen MR) is 234 cm³/mol. The second-order valence-corrected chi connectivity index (χ2v) is 17.0. The normalized spacial score (nSPS) is 12.4. The first-order chi connectivity index (χ1) is 29.0. The van der Waals surface area contributed by atoms with Crippen molar-refractivity contribution in [1.29, 1.82) is 0 Å². The fourth-order valence-electron chi connectivity index (χ4n) is 6.58. The lowest BCUT2D eigenvalue weighted by molar-refractivity contribution is -0.881. The van der Waals surface area contributed by atoms with Crippen LogP contribution in [0, 0.1) is 5.92 Å². The highest BCUT2D eigenvalue weighted by Crippen LogP contribution is 2.14. The summed E-state index contributed by atoms with van der Waals surface area (Å²) in [5.74, 6) is -2.98. The number of nitrogens with two attached hydrogens (primary N) is 1. The van der Waals surface area contributed by atoms with Gasteiger partial charge >= 0.3 is 11.9 Å². The van der Waals surface area contributed by atoms with Crippen molar-refractivity contribution < 1.29 is 57.7 Å². The summed E-state index contributed by atoms with van der Waals surface area (Å²) < 4.78 is 11.2. The Kier molecular flexibility index (Phi) is 34.7. The molecule has 17 nitrogen and oxygen atoms in total. The maximum absolute atomic E-state index is 12.4. The molecule has 0 aromatic heterocycles. The van der Waals surface area contributed by atoms with Crippen molar-refractivity contribution in [2.45, 2.75) is 161 Å². The van der Waals surface area contributed by atoms with Gasteiger partial charge in [-0.1, -0.05) is 90.9 Å². The first-order valence-corrected chi connectivity index (χ1v) is 22.8. The molecule has 61 heavy (non-hydrogen) atoms. The molecule has 0 fully saturated rings. The number of carbonyl (C=O) groups excluding carboxylic acids is 5. The number of unbranched alkanes of at least 4 members (excludes halogenated alkanes) is 14. The molecule has 0 aliphatic heterocycles. The number of hydrogen-bond acceptors (Lipinski definition) is 10. The standard InChI is InChI=1S/C44H82N6O11/c1-35(2)43(57)36(45)21-19-20-26-46-40(53)33-50(3,4)29-27-47-41(54)34-61-32-31-60-30-28-48-38(51)25-24-37(44(58)59)49-39(52)22-17-15-13-11-9-7-5-6-8-10-12-14-16-18-23-42(55)56/h35-37H,5-34,45H2,1-4H3,(H5-,46,47,48,49,51,52,53,54,55,56,58,59)/p+1.